The van der Waals surface area contributed by atoms with E-state index in [-0.39, 0.29) is 0 Å². The van der Waals surface area contributed by atoms with E-state index in [1.807, 2.05) is 38.2 Å². The number of benzene rings is 2. The molecule has 2 aromatic carbocycles. The molecule has 0 saturated heterocycles. The topological polar surface area (TPSA) is 51.4 Å². The molecule has 0 atom stereocenters. The van der Waals surface area contributed by atoms with Crippen LogP contribution in [0.1, 0.15) is 22.3 Å². The Kier molecular flexibility index (Phi) is 5.68. The number of pyridine rings is 1. The van der Waals surface area contributed by atoms with Crippen LogP contribution in [0.15, 0.2) is 48.5 Å². The van der Waals surface area contributed by atoms with Crippen molar-refractivity contribution in [2.45, 2.75) is 27.4 Å². The fraction of sp³-hybridized carbons (Fsp3) is 0.227. The standard InChI is InChI=1S/C22H24ClN3O/c1-14-7-5-9-20(26(4)24)18(14)13-27-21-12-15(2)17(11-16(21)3)19-8-6-10-22(23)25-19/h5-12H,13,24H2,1-4H3. The fourth-order valence-electron chi connectivity index (χ4n) is 3.13. The van der Waals surface area contributed by atoms with E-state index in [9.17, 15) is 0 Å². The molecule has 27 heavy (non-hydrogen) atoms. The van der Waals surface area contributed by atoms with Gasteiger partial charge in [0.05, 0.1) is 11.4 Å². The molecule has 0 spiro atoms. The first-order valence-corrected chi connectivity index (χ1v) is 9.18. The average Bonchev–Trinajstić information content (AvgIpc) is 2.62. The molecule has 1 aromatic heterocycles. The number of aryl methyl sites for hydroxylation is 3. The molecule has 4 nitrogen and oxygen atoms in total. The number of hydrazine groups is 1. The van der Waals surface area contributed by atoms with Gasteiger partial charge >= 0.3 is 0 Å². The Balaban J connectivity index is 1.89. The third-order valence-corrected chi connectivity index (χ3v) is 4.86. The Labute approximate surface area is 165 Å². The minimum absolute atomic E-state index is 0.457. The van der Waals surface area contributed by atoms with Crippen LogP contribution in [0.4, 0.5) is 5.69 Å². The predicted molar refractivity (Wildman–Crippen MR) is 112 cm³/mol. The van der Waals surface area contributed by atoms with Crippen molar-refractivity contribution in [3.63, 3.8) is 0 Å². The number of halogens is 1. The van der Waals surface area contributed by atoms with Crippen molar-refractivity contribution >= 4 is 17.3 Å². The first-order valence-electron chi connectivity index (χ1n) is 8.80. The van der Waals surface area contributed by atoms with Crippen LogP contribution in [0.25, 0.3) is 11.3 Å². The molecule has 1 heterocycles. The van der Waals surface area contributed by atoms with E-state index in [1.54, 1.807) is 11.1 Å². The van der Waals surface area contributed by atoms with Crippen molar-refractivity contribution < 1.29 is 4.74 Å². The lowest BCUT2D eigenvalue weighted by Gasteiger charge is -2.20. The number of nitrogens with zero attached hydrogens (tertiary/aromatic N) is 2. The van der Waals surface area contributed by atoms with Gasteiger partial charge in [-0.1, -0.05) is 29.8 Å². The monoisotopic (exact) mass is 381 g/mol. The van der Waals surface area contributed by atoms with Gasteiger partial charge in [0.1, 0.15) is 17.5 Å². The maximum atomic E-state index is 6.16. The summed E-state index contributed by atoms with van der Waals surface area (Å²) in [4.78, 5) is 4.42. The summed E-state index contributed by atoms with van der Waals surface area (Å²) in [7, 11) is 1.83. The Morgan fingerprint density at radius 2 is 1.74 bits per heavy atom. The third-order valence-electron chi connectivity index (χ3n) is 4.65. The van der Waals surface area contributed by atoms with E-state index in [2.05, 4.69) is 37.0 Å². The molecule has 0 radical (unpaired) electrons. The molecule has 0 fully saturated rings. The van der Waals surface area contributed by atoms with Crippen LogP contribution in [0.5, 0.6) is 5.75 Å². The van der Waals surface area contributed by atoms with Gasteiger partial charge < -0.3 is 9.75 Å². The van der Waals surface area contributed by atoms with Gasteiger partial charge in [0.15, 0.2) is 0 Å². The normalized spacial score (nSPS) is 10.7. The van der Waals surface area contributed by atoms with E-state index in [0.717, 1.165) is 44.9 Å². The Morgan fingerprint density at radius 1 is 1.00 bits per heavy atom. The molecule has 5 heteroatoms. The number of aromatic nitrogens is 1. The van der Waals surface area contributed by atoms with E-state index < -0.39 is 0 Å². The van der Waals surface area contributed by atoms with Gasteiger partial charge in [0, 0.05) is 18.2 Å². The van der Waals surface area contributed by atoms with Crippen LogP contribution in [0.3, 0.4) is 0 Å². The highest BCUT2D eigenvalue weighted by Crippen LogP contribution is 2.31. The molecule has 2 N–H and O–H groups in total. The van der Waals surface area contributed by atoms with Crippen LogP contribution in [-0.4, -0.2) is 12.0 Å². The van der Waals surface area contributed by atoms with Crippen LogP contribution in [0, 0.1) is 20.8 Å². The van der Waals surface area contributed by atoms with Gasteiger partial charge in [0.25, 0.3) is 0 Å². The summed E-state index contributed by atoms with van der Waals surface area (Å²) in [6.45, 7) is 6.62. The Bertz CT molecular complexity index is 970. The summed E-state index contributed by atoms with van der Waals surface area (Å²) in [5.74, 6) is 6.82. The summed E-state index contributed by atoms with van der Waals surface area (Å²) in [5.41, 5.74) is 7.25. The molecular weight excluding hydrogens is 358 g/mol. The van der Waals surface area contributed by atoms with Crippen molar-refractivity contribution in [2.75, 3.05) is 12.1 Å². The SMILES string of the molecule is Cc1cc(-c2cccc(Cl)n2)c(C)cc1OCc1c(C)cccc1N(C)N. The first-order chi connectivity index (χ1) is 12.9. The maximum absolute atomic E-state index is 6.16. The highest BCUT2D eigenvalue weighted by molar-refractivity contribution is 6.29. The molecule has 0 aliphatic carbocycles. The van der Waals surface area contributed by atoms with Crippen LogP contribution in [0.2, 0.25) is 5.15 Å². The van der Waals surface area contributed by atoms with Gasteiger partial charge in [-0.25, -0.2) is 10.8 Å². The summed E-state index contributed by atoms with van der Waals surface area (Å²) >= 11 is 6.04. The van der Waals surface area contributed by atoms with Crippen molar-refractivity contribution in [3.05, 3.63) is 75.9 Å². The lowest BCUT2D eigenvalue weighted by molar-refractivity contribution is 0.303. The molecule has 3 rings (SSSR count). The predicted octanol–water partition coefficient (Wildman–Crippen LogP) is 5.22. The van der Waals surface area contributed by atoms with Crippen molar-refractivity contribution in [2.24, 2.45) is 5.84 Å². The highest BCUT2D eigenvalue weighted by Gasteiger charge is 2.12. The zero-order valence-corrected chi connectivity index (χ0v) is 16.8. The number of hydrogen-bond acceptors (Lipinski definition) is 4. The van der Waals surface area contributed by atoms with Crippen LogP contribution >= 0.6 is 11.6 Å². The van der Waals surface area contributed by atoms with Crippen molar-refractivity contribution in [3.8, 4) is 17.0 Å². The number of nitrogens with two attached hydrogens (primary N) is 1. The third kappa shape index (κ3) is 4.24. The second-order valence-electron chi connectivity index (χ2n) is 6.75. The largest absolute Gasteiger partial charge is 0.489 e. The molecule has 140 valence electrons. The minimum atomic E-state index is 0.457. The lowest BCUT2D eigenvalue weighted by atomic mass is 10.0. The van der Waals surface area contributed by atoms with E-state index in [0.29, 0.717) is 11.8 Å². The molecule has 3 aromatic rings. The van der Waals surface area contributed by atoms with E-state index in [1.165, 1.54) is 0 Å². The molecule has 0 unspecified atom stereocenters. The van der Waals surface area contributed by atoms with E-state index in [4.69, 9.17) is 22.2 Å². The zero-order valence-electron chi connectivity index (χ0n) is 16.1. The molecule has 0 bridgehead atoms. The summed E-state index contributed by atoms with van der Waals surface area (Å²) in [6.07, 6.45) is 0. The quantitative estimate of drug-likeness (QED) is 0.374. The maximum Gasteiger partial charge on any atom is 0.129 e. The highest BCUT2D eigenvalue weighted by atomic mass is 35.5. The number of rotatable bonds is 5. The van der Waals surface area contributed by atoms with Crippen molar-refractivity contribution in [1.29, 1.82) is 0 Å². The Morgan fingerprint density at radius 3 is 2.44 bits per heavy atom. The molecule has 0 amide bonds. The lowest BCUT2D eigenvalue weighted by Crippen LogP contribution is -2.26. The summed E-state index contributed by atoms with van der Waals surface area (Å²) in [6, 6.07) is 15.9. The van der Waals surface area contributed by atoms with Gasteiger partial charge in [-0.05, 0) is 67.8 Å². The van der Waals surface area contributed by atoms with Crippen molar-refractivity contribution in [1.82, 2.24) is 4.98 Å². The number of ether oxygens (including phenoxy) is 1. The van der Waals surface area contributed by atoms with E-state index >= 15 is 0 Å². The second-order valence-corrected chi connectivity index (χ2v) is 7.14. The number of hydrogen-bond donors (Lipinski definition) is 1. The Hall–Kier alpha value is -2.56. The smallest absolute Gasteiger partial charge is 0.129 e. The van der Waals surface area contributed by atoms with Crippen LogP contribution < -0.4 is 15.6 Å². The minimum Gasteiger partial charge on any atom is -0.489 e. The van der Waals surface area contributed by atoms with Gasteiger partial charge in [-0.3, -0.25) is 0 Å². The van der Waals surface area contributed by atoms with Crippen LogP contribution in [-0.2, 0) is 6.61 Å². The first kappa shape index (κ1) is 19.2. The summed E-state index contributed by atoms with van der Waals surface area (Å²) in [5, 5.41) is 2.11. The molecule has 0 aliphatic rings. The molecule has 0 saturated carbocycles. The summed E-state index contributed by atoms with van der Waals surface area (Å²) < 4.78 is 6.16. The van der Waals surface area contributed by atoms with Gasteiger partial charge in [-0.15, -0.1) is 0 Å². The molecule has 0 aliphatic heterocycles. The molecular formula is C22H24ClN3O. The fourth-order valence-corrected chi connectivity index (χ4v) is 3.30. The zero-order chi connectivity index (χ0) is 19.6. The average molecular weight is 382 g/mol. The second kappa shape index (κ2) is 7.99. The van der Waals surface area contributed by atoms with Gasteiger partial charge in [0.2, 0.25) is 0 Å². The van der Waals surface area contributed by atoms with Gasteiger partial charge in [-0.2, -0.15) is 0 Å². The number of anilines is 1.